The lowest BCUT2D eigenvalue weighted by atomic mass is 9.87. The Labute approximate surface area is 245 Å². The predicted molar refractivity (Wildman–Crippen MR) is 159 cm³/mol. The molecule has 1 amide bonds. The zero-order chi connectivity index (χ0) is 28.2. The first kappa shape index (κ1) is 29.8. The summed E-state index contributed by atoms with van der Waals surface area (Å²) in [5.74, 6) is 1.26. The zero-order valence-electron chi connectivity index (χ0n) is 23.1. The van der Waals surface area contributed by atoms with E-state index >= 15 is 0 Å². The second-order valence-electron chi connectivity index (χ2n) is 11.4. The van der Waals surface area contributed by atoms with Gasteiger partial charge in [0.2, 0.25) is 5.91 Å². The van der Waals surface area contributed by atoms with Gasteiger partial charge in [-0.1, -0.05) is 38.0 Å². The van der Waals surface area contributed by atoms with Gasteiger partial charge in [0.05, 0.1) is 12.1 Å². The summed E-state index contributed by atoms with van der Waals surface area (Å²) < 4.78 is 6.15. The molecule has 3 aliphatic rings. The molecule has 5 N–H and O–H groups in total. The number of rotatable bonds is 10. The van der Waals surface area contributed by atoms with Crippen molar-refractivity contribution in [3.05, 3.63) is 48.8 Å². The fourth-order valence-corrected chi connectivity index (χ4v) is 7.65. The van der Waals surface area contributed by atoms with Gasteiger partial charge >= 0.3 is 0 Å². The molecule has 218 valence electrons. The van der Waals surface area contributed by atoms with Gasteiger partial charge in [0.25, 0.3) is 0 Å². The molecule has 8 nitrogen and oxygen atoms in total. The number of aliphatic hydroxyl groups is 3. The third kappa shape index (κ3) is 7.21. The maximum atomic E-state index is 13.6. The van der Waals surface area contributed by atoms with Gasteiger partial charge in [-0.2, -0.15) is 0 Å². The number of pyridine rings is 1. The van der Waals surface area contributed by atoms with Crippen molar-refractivity contribution in [3.8, 4) is 11.1 Å². The van der Waals surface area contributed by atoms with Crippen molar-refractivity contribution in [2.75, 3.05) is 12.8 Å². The summed E-state index contributed by atoms with van der Waals surface area (Å²) >= 11 is 2.85. The van der Waals surface area contributed by atoms with E-state index in [1.54, 1.807) is 24.2 Å². The summed E-state index contributed by atoms with van der Waals surface area (Å²) in [6.07, 6.45) is 6.25. The van der Waals surface area contributed by atoms with Gasteiger partial charge < -0.3 is 30.7 Å². The normalized spacial score (nSPS) is 32.3. The number of aromatic nitrogens is 1. The quantitative estimate of drug-likeness (QED) is 0.267. The van der Waals surface area contributed by atoms with Gasteiger partial charge in [0.1, 0.15) is 29.9 Å². The van der Waals surface area contributed by atoms with E-state index in [9.17, 15) is 20.1 Å². The van der Waals surface area contributed by atoms with Crippen LogP contribution in [-0.4, -0.2) is 86.2 Å². The van der Waals surface area contributed by atoms with Gasteiger partial charge in [0, 0.05) is 22.5 Å². The number of piperidine rings is 1. The Bertz CT molecular complexity index is 1100. The molecule has 9 atom stereocenters. The lowest BCUT2D eigenvalue weighted by Crippen LogP contribution is -2.65. The molecule has 0 bridgehead atoms. The SMILES string of the molecule is CS[C@H]1O[C@H]([C@H](NC(=O)[C@@H]2C[C@H](CC3CC3)CCN2)[C@H](C)Sc2ccc(-c3cccnc3)cc2)[C@H](O)[C@H](O)[C@H]1O. The first-order chi connectivity index (χ1) is 19.3. The Morgan fingerprint density at radius 3 is 2.52 bits per heavy atom. The third-order valence-corrected chi connectivity index (χ3v) is 10.4. The van der Waals surface area contributed by atoms with E-state index in [-0.39, 0.29) is 17.2 Å². The van der Waals surface area contributed by atoms with Crippen molar-refractivity contribution in [1.82, 2.24) is 15.6 Å². The van der Waals surface area contributed by atoms with E-state index in [1.165, 1.54) is 31.0 Å². The molecule has 0 radical (unpaired) electrons. The molecule has 5 rings (SSSR count). The Kier molecular flexibility index (Phi) is 10.1. The van der Waals surface area contributed by atoms with Crippen LogP contribution >= 0.6 is 23.5 Å². The number of carbonyl (C=O) groups is 1. The molecule has 10 heteroatoms. The van der Waals surface area contributed by atoms with Gasteiger partial charge in [-0.05, 0) is 73.2 Å². The summed E-state index contributed by atoms with van der Waals surface area (Å²) in [5.41, 5.74) is 1.38. The van der Waals surface area contributed by atoms with Crippen LogP contribution in [0.25, 0.3) is 11.1 Å². The fourth-order valence-electron chi connectivity index (χ4n) is 5.88. The number of nitrogens with zero attached hydrogens (tertiary/aromatic N) is 1. The van der Waals surface area contributed by atoms with Crippen molar-refractivity contribution >= 4 is 29.4 Å². The van der Waals surface area contributed by atoms with Gasteiger partial charge in [-0.15, -0.1) is 23.5 Å². The number of benzene rings is 1. The van der Waals surface area contributed by atoms with Crippen molar-refractivity contribution < 1.29 is 24.9 Å². The minimum atomic E-state index is -1.37. The van der Waals surface area contributed by atoms with Crippen molar-refractivity contribution in [1.29, 1.82) is 0 Å². The van der Waals surface area contributed by atoms with E-state index in [0.29, 0.717) is 5.92 Å². The number of nitrogens with one attached hydrogen (secondary N) is 2. The smallest absolute Gasteiger partial charge is 0.237 e. The van der Waals surface area contributed by atoms with Crippen molar-refractivity contribution in [2.24, 2.45) is 11.8 Å². The predicted octanol–water partition coefficient (Wildman–Crippen LogP) is 3.05. The zero-order valence-corrected chi connectivity index (χ0v) is 24.7. The molecule has 2 aliphatic heterocycles. The number of amides is 1. The highest BCUT2D eigenvalue weighted by atomic mass is 32.2. The highest BCUT2D eigenvalue weighted by Crippen LogP contribution is 2.39. The minimum absolute atomic E-state index is 0.109. The number of aliphatic hydroxyl groups excluding tert-OH is 3. The topological polar surface area (TPSA) is 124 Å². The first-order valence-corrected chi connectivity index (χ1v) is 16.4. The molecule has 1 aromatic carbocycles. The molecule has 0 unspecified atom stereocenters. The van der Waals surface area contributed by atoms with Crippen LogP contribution in [-0.2, 0) is 9.53 Å². The minimum Gasteiger partial charge on any atom is -0.388 e. The lowest BCUT2D eigenvalue weighted by Gasteiger charge is -2.45. The molecule has 1 aromatic heterocycles. The standard InChI is InChI=1S/C30H41N3O5S2/c1-17(40-22-9-7-20(8-10-22)21-4-3-12-31-16-21)24(28-26(35)25(34)27(36)30(38-28)39-2)33-29(37)23-15-19(11-13-32-23)14-18-5-6-18/h3-4,7-10,12,16-19,23-28,30,32,34-36H,5-6,11,13-15H2,1-2H3,(H,33,37)/t17-,19-,23-,24+,25-,26+,27+,28+,30+/m0/s1. The van der Waals surface area contributed by atoms with Crippen LogP contribution in [0.4, 0.5) is 0 Å². The molecule has 2 saturated heterocycles. The van der Waals surface area contributed by atoms with Crippen molar-refractivity contribution in [3.63, 3.8) is 0 Å². The second kappa shape index (κ2) is 13.5. The number of carbonyl (C=O) groups excluding carboxylic acids is 1. The Balaban J connectivity index is 1.32. The van der Waals surface area contributed by atoms with E-state index in [4.69, 9.17) is 4.74 Å². The van der Waals surface area contributed by atoms with E-state index in [2.05, 4.69) is 15.6 Å². The second-order valence-corrected chi connectivity index (χ2v) is 13.8. The van der Waals surface area contributed by atoms with E-state index in [1.807, 2.05) is 49.5 Å². The monoisotopic (exact) mass is 587 g/mol. The molecule has 1 saturated carbocycles. The number of thioether (sulfide) groups is 2. The van der Waals surface area contributed by atoms with Crippen LogP contribution in [0.3, 0.4) is 0 Å². The molecule has 0 spiro atoms. The van der Waals surface area contributed by atoms with E-state index < -0.39 is 35.9 Å². The van der Waals surface area contributed by atoms with E-state index in [0.717, 1.165) is 41.3 Å². The van der Waals surface area contributed by atoms with Gasteiger partial charge in [-0.3, -0.25) is 9.78 Å². The molecule has 2 aromatic rings. The fraction of sp³-hybridized carbons (Fsp3) is 0.600. The maximum Gasteiger partial charge on any atom is 0.237 e. The maximum absolute atomic E-state index is 13.6. The summed E-state index contributed by atoms with van der Waals surface area (Å²) in [6.45, 7) is 2.81. The molecule has 3 fully saturated rings. The summed E-state index contributed by atoms with van der Waals surface area (Å²) in [4.78, 5) is 18.8. The number of ether oxygens (including phenoxy) is 1. The molecular weight excluding hydrogens is 546 g/mol. The van der Waals surface area contributed by atoms with Crippen LogP contribution in [0, 0.1) is 11.8 Å². The van der Waals surface area contributed by atoms with Gasteiger partial charge in [0.15, 0.2) is 0 Å². The summed E-state index contributed by atoms with van der Waals surface area (Å²) in [5, 5.41) is 38.5. The van der Waals surface area contributed by atoms with Crippen LogP contribution < -0.4 is 10.6 Å². The van der Waals surface area contributed by atoms with Gasteiger partial charge in [-0.25, -0.2) is 0 Å². The molecule has 3 heterocycles. The number of hydrogen-bond acceptors (Lipinski definition) is 9. The Hall–Kier alpha value is -1.66. The highest BCUT2D eigenvalue weighted by molar-refractivity contribution is 8.00. The Morgan fingerprint density at radius 1 is 1.07 bits per heavy atom. The Morgan fingerprint density at radius 2 is 1.85 bits per heavy atom. The van der Waals surface area contributed by atoms with Crippen molar-refractivity contribution in [2.45, 2.75) is 91.1 Å². The highest BCUT2D eigenvalue weighted by Gasteiger charge is 2.48. The first-order valence-electron chi connectivity index (χ1n) is 14.3. The molecular formula is C30H41N3O5S2. The van der Waals surface area contributed by atoms with Crippen LogP contribution in [0.5, 0.6) is 0 Å². The molecule has 1 aliphatic carbocycles. The average Bonchev–Trinajstić information content (AvgIpc) is 3.80. The molecule has 40 heavy (non-hydrogen) atoms. The summed E-state index contributed by atoms with van der Waals surface area (Å²) in [7, 11) is 0. The van der Waals surface area contributed by atoms with Crippen LogP contribution in [0.1, 0.15) is 39.0 Å². The van der Waals surface area contributed by atoms with Crippen LogP contribution in [0.15, 0.2) is 53.7 Å². The third-order valence-electron chi connectivity index (χ3n) is 8.37. The average molecular weight is 588 g/mol. The lowest BCUT2D eigenvalue weighted by molar-refractivity contribution is -0.205. The summed E-state index contributed by atoms with van der Waals surface area (Å²) in [6, 6.07) is 11.2. The largest absolute Gasteiger partial charge is 0.388 e. The van der Waals surface area contributed by atoms with Crippen LogP contribution in [0.2, 0.25) is 0 Å². The number of hydrogen-bond donors (Lipinski definition) is 5.